The minimum Gasteiger partial charge on any atom is -0.494 e. The average Bonchev–Trinajstić information content (AvgIpc) is 2.30. The summed E-state index contributed by atoms with van der Waals surface area (Å²) in [6, 6.07) is 4.90. The highest BCUT2D eigenvalue weighted by atomic mass is 16.5. The van der Waals surface area contributed by atoms with Crippen molar-refractivity contribution in [1.29, 1.82) is 0 Å². The smallest absolute Gasteiger partial charge is 0.232 e. The molecule has 1 aromatic carbocycles. The predicted molar refractivity (Wildman–Crippen MR) is 63.8 cm³/mol. The van der Waals surface area contributed by atoms with Crippen molar-refractivity contribution in [2.24, 2.45) is 0 Å². The second-order valence-electron chi connectivity index (χ2n) is 3.41. The Kier molecular flexibility index (Phi) is 4.69. The quantitative estimate of drug-likeness (QED) is 0.561. The van der Waals surface area contributed by atoms with Crippen molar-refractivity contribution in [3.8, 4) is 11.5 Å². The van der Waals surface area contributed by atoms with Gasteiger partial charge in [0.1, 0.15) is 11.5 Å². The van der Waals surface area contributed by atoms with Gasteiger partial charge in [0.2, 0.25) is 5.78 Å². The third-order valence-electron chi connectivity index (χ3n) is 2.13. The van der Waals surface area contributed by atoms with Crippen molar-refractivity contribution in [1.82, 2.24) is 0 Å². The van der Waals surface area contributed by atoms with Gasteiger partial charge in [-0.3, -0.25) is 9.59 Å². The van der Waals surface area contributed by atoms with Crippen molar-refractivity contribution < 1.29 is 19.1 Å². The second-order valence-corrected chi connectivity index (χ2v) is 3.41. The molecule has 0 atom stereocenters. The SMILES string of the molecule is CCOc1ccc(OCC)c(C(=O)C(C)=O)c1. The maximum absolute atomic E-state index is 11.7. The lowest BCUT2D eigenvalue weighted by Crippen LogP contribution is -2.12. The molecule has 0 radical (unpaired) electrons. The van der Waals surface area contributed by atoms with Crippen LogP contribution in [0.1, 0.15) is 31.1 Å². The van der Waals surface area contributed by atoms with Crippen LogP contribution in [-0.2, 0) is 4.79 Å². The van der Waals surface area contributed by atoms with E-state index in [2.05, 4.69) is 0 Å². The second kappa shape index (κ2) is 6.03. The fourth-order valence-corrected chi connectivity index (χ4v) is 1.41. The fraction of sp³-hybridized carbons (Fsp3) is 0.385. The Morgan fingerprint density at radius 2 is 1.76 bits per heavy atom. The van der Waals surface area contributed by atoms with Gasteiger partial charge in [-0.2, -0.15) is 0 Å². The molecule has 0 aliphatic rings. The first-order valence-electron chi connectivity index (χ1n) is 5.55. The van der Waals surface area contributed by atoms with Gasteiger partial charge in [-0.05, 0) is 32.0 Å². The minimum atomic E-state index is -0.560. The van der Waals surface area contributed by atoms with Gasteiger partial charge in [0.15, 0.2) is 5.78 Å². The highest BCUT2D eigenvalue weighted by molar-refractivity contribution is 6.43. The van der Waals surface area contributed by atoms with Gasteiger partial charge in [-0.1, -0.05) is 0 Å². The molecule has 4 heteroatoms. The van der Waals surface area contributed by atoms with E-state index >= 15 is 0 Å². The van der Waals surface area contributed by atoms with Crippen LogP contribution in [-0.4, -0.2) is 24.8 Å². The summed E-state index contributed by atoms with van der Waals surface area (Å²) in [5.74, 6) is -0.105. The molecule has 1 aromatic rings. The summed E-state index contributed by atoms with van der Waals surface area (Å²) in [5.41, 5.74) is 0.255. The van der Waals surface area contributed by atoms with Gasteiger partial charge in [0, 0.05) is 6.92 Å². The van der Waals surface area contributed by atoms with Crippen molar-refractivity contribution in [2.45, 2.75) is 20.8 Å². The Morgan fingerprint density at radius 1 is 1.12 bits per heavy atom. The van der Waals surface area contributed by atoms with Crippen molar-refractivity contribution in [3.05, 3.63) is 23.8 Å². The normalized spacial score (nSPS) is 9.82. The average molecular weight is 236 g/mol. The fourth-order valence-electron chi connectivity index (χ4n) is 1.41. The van der Waals surface area contributed by atoms with Crippen molar-refractivity contribution in [2.75, 3.05) is 13.2 Å². The molecule has 0 N–H and O–H groups in total. The first kappa shape index (κ1) is 13.2. The van der Waals surface area contributed by atoms with Crippen LogP contribution in [0.2, 0.25) is 0 Å². The van der Waals surface area contributed by atoms with Gasteiger partial charge in [-0.15, -0.1) is 0 Å². The number of ketones is 2. The van der Waals surface area contributed by atoms with E-state index in [9.17, 15) is 9.59 Å². The standard InChI is InChI=1S/C13H16O4/c1-4-16-10-6-7-12(17-5-2)11(8-10)13(15)9(3)14/h6-8H,4-5H2,1-3H3. The summed E-state index contributed by atoms with van der Waals surface area (Å²) in [6.45, 7) is 5.85. The molecule has 0 unspecified atom stereocenters. The van der Waals surface area contributed by atoms with Gasteiger partial charge in [0.25, 0.3) is 0 Å². The lowest BCUT2D eigenvalue weighted by atomic mass is 10.1. The topological polar surface area (TPSA) is 52.6 Å². The lowest BCUT2D eigenvalue weighted by Gasteiger charge is -2.10. The number of carbonyl (C=O) groups is 2. The van der Waals surface area contributed by atoms with E-state index in [1.54, 1.807) is 12.1 Å². The van der Waals surface area contributed by atoms with E-state index in [1.165, 1.54) is 13.0 Å². The molecule has 0 spiro atoms. The van der Waals surface area contributed by atoms with Crippen LogP contribution in [0.3, 0.4) is 0 Å². The van der Waals surface area contributed by atoms with Crippen LogP contribution < -0.4 is 9.47 Å². The molecule has 0 saturated heterocycles. The molecule has 4 nitrogen and oxygen atoms in total. The molecule has 0 saturated carbocycles. The lowest BCUT2D eigenvalue weighted by molar-refractivity contribution is -0.113. The van der Waals surface area contributed by atoms with Crippen molar-refractivity contribution in [3.63, 3.8) is 0 Å². The zero-order chi connectivity index (χ0) is 12.8. The monoisotopic (exact) mass is 236 g/mol. The Labute approximate surface area is 101 Å². The van der Waals surface area contributed by atoms with Gasteiger partial charge < -0.3 is 9.47 Å². The first-order valence-corrected chi connectivity index (χ1v) is 5.55. The molecule has 17 heavy (non-hydrogen) atoms. The van der Waals surface area contributed by atoms with Crippen molar-refractivity contribution >= 4 is 11.6 Å². The van der Waals surface area contributed by atoms with E-state index in [0.29, 0.717) is 24.7 Å². The van der Waals surface area contributed by atoms with Crippen LogP contribution in [0.15, 0.2) is 18.2 Å². The maximum atomic E-state index is 11.7. The van der Waals surface area contributed by atoms with Crippen LogP contribution in [0.4, 0.5) is 0 Å². The number of benzene rings is 1. The van der Waals surface area contributed by atoms with Gasteiger partial charge >= 0.3 is 0 Å². The summed E-state index contributed by atoms with van der Waals surface area (Å²) in [4.78, 5) is 22.8. The first-order chi connectivity index (χ1) is 8.10. The summed E-state index contributed by atoms with van der Waals surface area (Å²) in [7, 11) is 0. The maximum Gasteiger partial charge on any atom is 0.232 e. The highest BCUT2D eigenvalue weighted by Gasteiger charge is 2.17. The Morgan fingerprint density at radius 3 is 2.29 bits per heavy atom. The summed E-state index contributed by atoms with van der Waals surface area (Å²) < 4.78 is 10.6. The number of carbonyl (C=O) groups excluding carboxylic acids is 2. The Hall–Kier alpha value is -1.84. The molecule has 0 amide bonds. The van der Waals surface area contributed by atoms with Crippen LogP contribution in [0, 0.1) is 0 Å². The number of hydrogen-bond donors (Lipinski definition) is 0. The third-order valence-corrected chi connectivity index (χ3v) is 2.13. The third kappa shape index (κ3) is 3.31. The minimum absolute atomic E-state index is 0.255. The van der Waals surface area contributed by atoms with Crippen LogP contribution in [0.5, 0.6) is 11.5 Å². The molecule has 0 fully saturated rings. The Balaban J connectivity index is 3.15. The number of ether oxygens (including phenoxy) is 2. The van der Waals surface area contributed by atoms with E-state index < -0.39 is 11.6 Å². The molecule has 0 aliphatic heterocycles. The highest BCUT2D eigenvalue weighted by Crippen LogP contribution is 2.25. The zero-order valence-electron chi connectivity index (χ0n) is 10.3. The Bertz CT molecular complexity index is 423. The van der Waals surface area contributed by atoms with Crippen LogP contribution >= 0.6 is 0 Å². The van der Waals surface area contributed by atoms with E-state index in [4.69, 9.17) is 9.47 Å². The van der Waals surface area contributed by atoms with Crippen LogP contribution in [0.25, 0.3) is 0 Å². The molecule has 0 heterocycles. The van der Waals surface area contributed by atoms with E-state index in [-0.39, 0.29) is 5.56 Å². The molecule has 0 bridgehead atoms. The van der Waals surface area contributed by atoms with Gasteiger partial charge in [0.05, 0.1) is 18.8 Å². The molecule has 1 rings (SSSR count). The molecule has 0 aliphatic carbocycles. The largest absolute Gasteiger partial charge is 0.494 e. The molecule has 0 aromatic heterocycles. The van der Waals surface area contributed by atoms with E-state index in [1.807, 2.05) is 13.8 Å². The number of hydrogen-bond acceptors (Lipinski definition) is 4. The van der Waals surface area contributed by atoms with E-state index in [0.717, 1.165) is 0 Å². The summed E-state index contributed by atoms with van der Waals surface area (Å²) >= 11 is 0. The zero-order valence-corrected chi connectivity index (χ0v) is 10.3. The van der Waals surface area contributed by atoms with Gasteiger partial charge in [-0.25, -0.2) is 0 Å². The number of rotatable bonds is 6. The molecular weight excluding hydrogens is 220 g/mol. The molecular formula is C13H16O4. The summed E-state index contributed by atoms with van der Waals surface area (Å²) in [6.07, 6.45) is 0. The number of Topliss-reactive ketones (excluding diaryl/α,β-unsaturated/α-hetero) is 2. The molecule has 92 valence electrons. The predicted octanol–water partition coefficient (Wildman–Crippen LogP) is 2.26. The summed E-state index contributed by atoms with van der Waals surface area (Å²) in [5, 5.41) is 0.